The largest absolute Gasteiger partial charge is 0.394 e. The third-order valence-corrected chi connectivity index (χ3v) is 3.91. The molecule has 1 aliphatic rings. The summed E-state index contributed by atoms with van der Waals surface area (Å²) >= 11 is 0. The van der Waals surface area contributed by atoms with E-state index < -0.39 is 0 Å². The van der Waals surface area contributed by atoms with E-state index in [0.717, 1.165) is 25.3 Å². The van der Waals surface area contributed by atoms with Crippen molar-refractivity contribution in [1.82, 2.24) is 10.3 Å². The monoisotopic (exact) mass is 277 g/mol. The Morgan fingerprint density at radius 1 is 1.35 bits per heavy atom. The third-order valence-electron chi connectivity index (χ3n) is 3.91. The first kappa shape index (κ1) is 15.3. The SMILES string of the molecule is CC(C)NCc1ccc(N2CCCCCC2CO)nc1. The molecule has 4 nitrogen and oxygen atoms in total. The van der Waals surface area contributed by atoms with Gasteiger partial charge in [-0.15, -0.1) is 0 Å². The van der Waals surface area contributed by atoms with Crippen molar-refractivity contribution in [3.63, 3.8) is 0 Å². The second kappa shape index (κ2) is 7.60. The second-order valence-corrected chi connectivity index (χ2v) is 5.94. The van der Waals surface area contributed by atoms with Crippen LogP contribution >= 0.6 is 0 Å². The van der Waals surface area contributed by atoms with Crippen molar-refractivity contribution in [3.05, 3.63) is 23.9 Å². The zero-order valence-electron chi connectivity index (χ0n) is 12.7. The van der Waals surface area contributed by atoms with Gasteiger partial charge >= 0.3 is 0 Å². The summed E-state index contributed by atoms with van der Waals surface area (Å²) in [6.45, 7) is 6.37. The Hall–Kier alpha value is -1.13. The van der Waals surface area contributed by atoms with Gasteiger partial charge < -0.3 is 15.3 Å². The molecule has 2 heterocycles. The lowest BCUT2D eigenvalue weighted by molar-refractivity contribution is 0.254. The summed E-state index contributed by atoms with van der Waals surface area (Å²) in [7, 11) is 0. The van der Waals surface area contributed by atoms with Crippen molar-refractivity contribution >= 4 is 5.82 Å². The van der Waals surface area contributed by atoms with E-state index in [2.05, 4.69) is 41.2 Å². The molecule has 1 aromatic heterocycles. The van der Waals surface area contributed by atoms with Gasteiger partial charge in [-0.25, -0.2) is 4.98 Å². The molecular weight excluding hydrogens is 250 g/mol. The van der Waals surface area contributed by atoms with Crippen LogP contribution in [0.4, 0.5) is 5.82 Å². The summed E-state index contributed by atoms with van der Waals surface area (Å²) < 4.78 is 0. The molecule has 0 aliphatic carbocycles. The van der Waals surface area contributed by atoms with E-state index in [0.29, 0.717) is 6.04 Å². The summed E-state index contributed by atoms with van der Waals surface area (Å²) in [6, 6.07) is 4.94. The molecular formula is C16H27N3O. The highest BCUT2D eigenvalue weighted by atomic mass is 16.3. The van der Waals surface area contributed by atoms with Crippen LogP contribution in [0.25, 0.3) is 0 Å². The van der Waals surface area contributed by atoms with Gasteiger partial charge in [0.15, 0.2) is 0 Å². The lowest BCUT2D eigenvalue weighted by Crippen LogP contribution is -2.38. The van der Waals surface area contributed by atoms with Crippen LogP contribution in [-0.4, -0.2) is 35.3 Å². The molecule has 20 heavy (non-hydrogen) atoms. The standard InChI is InChI=1S/C16H27N3O/c1-13(2)17-10-14-7-8-16(18-11-14)19-9-5-3-4-6-15(19)12-20/h7-8,11,13,15,17,20H,3-6,9-10,12H2,1-2H3. The number of aromatic nitrogens is 1. The summed E-state index contributed by atoms with van der Waals surface area (Å²) in [5, 5.41) is 13.0. The molecule has 0 spiro atoms. The third kappa shape index (κ3) is 4.18. The Kier molecular flexibility index (Phi) is 5.80. The van der Waals surface area contributed by atoms with Gasteiger partial charge in [-0.3, -0.25) is 0 Å². The van der Waals surface area contributed by atoms with Crippen LogP contribution in [0.3, 0.4) is 0 Å². The number of rotatable bonds is 5. The van der Waals surface area contributed by atoms with Crippen LogP contribution in [0, 0.1) is 0 Å². The zero-order valence-corrected chi connectivity index (χ0v) is 12.7. The van der Waals surface area contributed by atoms with Crippen molar-refractivity contribution in [2.75, 3.05) is 18.1 Å². The van der Waals surface area contributed by atoms with Crippen LogP contribution < -0.4 is 10.2 Å². The fraction of sp³-hybridized carbons (Fsp3) is 0.688. The van der Waals surface area contributed by atoms with Crippen molar-refractivity contribution < 1.29 is 5.11 Å². The fourth-order valence-corrected chi connectivity index (χ4v) is 2.68. The molecule has 0 amide bonds. The Morgan fingerprint density at radius 3 is 2.85 bits per heavy atom. The minimum Gasteiger partial charge on any atom is -0.394 e. The van der Waals surface area contributed by atoms with Crippen LogP contribution in [0.1, 0.15) is 45.1 Å². The van der Waals surface area contributed by atoms with Crippen molar-refractivity contribution in [2.45, 2.75) is 58.2 Å². The Morgan fingerprint density at radius 2 is 2.20 bits per heavy atom. The Labute approximate surface area is 122 Å². The van der Waals surface area contributed by atoms with Crippen molar-refractivity contribution in [3.8, 4) is 0 Å². The zero-order chi connectivity index (χ0) is 14.4. The number of nitrogens with one attached hydrogen (secondary N) is 1. The highest BCUT2D eigenvalue weighted by Crippen LogP contribution is 2.22. The molecule has 2 rings (SSSR count). The van der Waals surface area contributed by atoms with Gasteiger partial charge in [-0.05, 0) is 24.5 Å². The van der Waals surface area contributed by atoms with Gasteiger partial charge in [0.1, 0.15) is 5.82 Å². The average Bonchev–Trinajstić information content (AvgIpc) is 2.70. The highest BCUT2D eigenvalue weighted by Gasteiger charge is 2.21. The fourth-order valence-electron chi connectivity index (χ4n) is 2.68. The maximum atomic E-state index is 9.57. The molecule has 2 N–H and O–H groups in total. The first-order valence-electron chi connectivity index (χ1n) is 7.76. The molecule has 0 aromatic carbocycles. The predicted octanol–water partition coefficient (Wildman–Crippen LogP) is 2.32. The Bertz CT molecular complexity index is 391. The van der Waals surface area contributed by atoms with Crippen LogP contribution in [0.2, 0.25) is 0 Å². The highest BCUT2D eigenvalue weighted by molar-refractivity contribution is 5.41. The quantitative estimate of drug-likeness (QED) is 0.867. The van der Waals surface area contributed by atoms with E-state index in [-0.39, 0.29) is 12.6 Å². The van der Waals surface area contributed by atoms with E-state index >= 15 is 0 Å². The summed E-state index contributed by atoms with van der Waals surface area (Å²) in [5.74, 6) is 0.999. The summed E-state index contributed by atoms with van der Waals surface area (Å²) in [6.07, 6.45) is 6.66. The molecule has 0 radical (unpaired) electrons. The van der Waals surface area contributed by atoms with Gasteiger partial charge in [-0.1, -0.05) is 32.8 Å². The van der Waals surface area contributed by atoms with Gasteiger partial charge in [-0.2, -0.15) is 0 Å². The second-order valence-electron chi connectivity index (χ2n) is 5.94. The van der Waals surface area contributed by atoms with Crippen LogP contribution in [0.15, 0.2) is 18.3 Å². The molecule has 1 aliphatic heterocycles. The maximum Gasteiger partial charge on any atom is 0.128 e. The molecule has 0 bridgehead atoms. The van der Waals surface area contributed by atoms with Crippen molar-refractivity contribution in [2.24, 2.45) is 0 Å². The van der Waals surface area contributed by atoms with Gasteiger partial charge in [0.25, 0.3) is 0 Å². The first-order valence-corrected chi connectivity index (χ1v) is 7.76. The lowest BCUT2D eigenvalue weighted by atomic mass is 10.1. The van der Waals surface area contributed by atoms with E-state index in [9.17, 15) is 5.11 Å². The number of aliphatic hydroxyl groups excluding tert-OH is 1. The minimum atomic E-state index is 0.221. The van der Waals surface area contributed by atoms with Crippen LogP contribution in [-0.2, 0) is 6.54 Å². The molecule has 4 heteroatoms. The molecule has 1 unspecified atom stereocenters. The number of anilines is 1. The van der Waals surface area contributed by atoms with Crippen LogP contribution in [0.5, 0.6) is 0 Å². The molecule has 1 atom stereocenters. The van der Waals surface area contributed by atoms with Crippen molar-refractivity contribution in [1.29, 1.82) is 0 Å². The smallest absolute Gasteiger partial charge is 0.128 e. The molecule has 112 valence electrons. The first-order chi connectivity index (χ1) is 9.70. The number of nitrogens with zero attached hydrogens (tertiary/aromatic N) is 2. The van der Waals surface area contributed by atoms with E-state index in [1.54, 1.807) is 0 Å². The van der Waals surface area contributed by atoms with E-state index in [4.69, 9.17) is 0 Å². The van der Waals surface area contributed by atoms with E-state index in [1.807, 2.05) is 6.20 Å². The number of pyridine rings is 1. The lowest BCUT2D eigenvalue weighted by Gasteiger charge is -2.29. The van der Waals surface area contributed by atoms with E-state index in [1.165, 1.54) is 24.8 Å². The molecule has 1 saturated heterocycles. The number of hydrogen-bond donors (Lipinski definition) is 2. The Balaban J connectivity index is 2.03. The molecule has 1 fully saturated rings. The number of hydrogen-bond acceptors (Lipinski definition) is 4. The molecule has 1 aromatic rings. The topological polar surface area (TPSA) is 48.4 Å². The number of aliphatic hydroxyl groups is 1. The average molecular weight is 277 g/mol. The summed E-state index contributed by atoms with van der Waals surface area (Å²) in [5.41, 5.74) is 1.21. The van der Waals surface area contributed by atoms with Gasteiger partial charge in [0.05, 0.1) is 12.6 Å². The normalized spacial score (nSPS) is 20.2. The van der Waals surface area contributed by atoms with Gasteiger partial charge in [0.2, 0.25) is 0 Å². The minimum absolute atomic E-state index is 0.221. The molecule has 0 saturated carbocycles. The van der Waals surface area contributed by atoms with Gasteiger partial charge in [0, 0.05) is 25.3 Å². The predicted molar refractivity (Wildman–Crippen MR) is 82.9 cm³/mol. The maximum absolute atomic E-state index is 9.57. The summed E-state index contributed by atoms with van der Waals surface area (Å²) in [4.78, 5) is 6.87.